The van der Waals surface area contributed by atoms with E-state index in [2.05, 4.69) is 0 Å². The molecule has 0 unspecified atom stereocenters. The molecule has 2 aromatic rings. The molecule has 1 heterocycles. The van der Waals surface area contributed by atoms with Gasteiger partial charge in [0.15, 0.2) is 0 Å². The zero-order chi connectivity index (χ0) is 12.4. The summed E-state index contributed by atoms with van der Waals surface area (Å²) in [6.07, 6.45) is 0. The Morgan fingerprint density at radius 3 is 2.47 bits per heavy atom. The van der Waals surface area contributed by atoms with Gasteiger partial charge in [-0.05, 0) is 49.7 Å². The van der Waals surface area contributed by atoms with Crippen molar-refractivity contribution in [2.24, 2.45) is 0 Å². The minimum absolute atomic E-state index is 0.0863. The first-order chi connectivity index (χ1) is 8.11. The maximum Gasteiger partial charge on any atom is 0.203 e. The lowest BCUT2D eigenvalue weighted by molar-refractivity contribution is 0.104. The van der Waals surface area contributed by atoms with Crippen LogP contribution in [0.15, 0.2) is 30.3 Å². The van der Waals surface area contributed by atoms with E-state index in [0.29, 0.717) is 0 Å². The number of benzene rings is 1. The third-order valence-corrected chi connectivity index (χ3v) is 3.64. The highest BCUT2D eigenvalue weighted by Gasteiger charge is 2.13. The first-order valence-electron chi connectivity index (χ1n) is 5.37. The van der Waals surface area contributed by atoms with Crippen LogP contribution in [0.3, 0.4) is 0 Å². The van der Waals surface area contributed by atoms with Crippen LogP contribution in [0.1, 0.15) is 25.7 Å². The van der Waals surface area contributed by atoms with Gasteiger partial charge < -0.3 is 4.74 Å². The predicted octanol–water partition coefficient (Wildman–Crippen LogP) is 3.60. The van der Waals surface area contributed by atoms with Gasteiger partial charge in [-0.1, -0.05) is 0 Å². The molecule has 2 rings (SSSR count). The maximum atomic E-state index is 12.2. The molecule has 2 nitrogen and oxygen atoms in total. The fourth-order valence-electron chi connectivity index (χ4n) is 1.71. The molecule has 3 heteroatoms. The summed E-state index contributed by atoms with van der Waals surface area (Å²) in [4.78, 5) is 14.2. The lowest BCUT2D eigenvalue weighted by Gasteiger charge is -2.06. The molecule has 0 aliphatic carbocycles. The summed E-state index contributed by atoms with van der Waals surface area (Å²) >= 11 is 1.53. The molecule has 0 saturated heterocycles. The Balaban J connectivity index is 2.37. The van der Waals surface area contributed by atoms with Crippen molar-refractivity contribution in [2.45, 2.75) is 13.8 Å². The Labute approximate surface area is 105 Å². The minimum atomic E-state index is 0.0863. The van der Waals surface area contributed by atoms with E-state index >= 15 is 0 Å². The van der Waals surface area contributed by atoms with Crippen molar-refractivity contribution in [1.29, 1.82) is 0 Å². The molecule has 0 spiro atoms. The molecular weight excluding hydrogens is 232 g/mol. The first kappa shape index (κ1) is 11.9. The smallest absolute Gasteiger partial charge is 0.203 e. The van der Waals surface area contributed by atoms with Gasteiger partial charge in [0.2, 0.25) is 5.78 Å². The quantitative estimate of drug-likeness (QED) is 0.773. The van der Waals surface area contributed by atoms with E-state index in [4.69, 9.17) is 4.74 Å². The molecule has 0 N–H and O–H groups in total. The van der Waals surface area contributed by atoms with Crippen molar-refractivity contribution < 1.29 is 9.53 Å². The van der Waals surface area contributed by atoms with Crippen LogP contribution in [0.2, 0.25) is 0 Å². The van der Waals surface area contributed by atoms with Crippen LogP contribution in [0.5, 0.6) is 5.75 Å². The molecule has 0 saturated carbocycles. The highest BCUT2D eigenvalue weighted by molar-refractivity contribution is 7.14. The van der Waals surface area contributed by atoms with Crippen LogP contribution in [-0.2, 0) is 0 Å². The second-order valence-electron chi connectivity index (χ2n) is 3.92. The third kappa shape index (κ3) is 2.39. The lowest BCUT2D eigenvalue weighted by Crippen LogP contribution is -2.01. The third-order valence-electron chi connectivity index (χ3n) is 2.64. The van der Waals surface area contributed by atoms with Crippen LogP contribution < -0.4 is 4.74 Å². The summed E-state index contributed by atoms with van der Waals surface area (Å²) in [7, 11) is 1.62. The summed E-state index contributed by atoms with van der Waals surface area (Å²) in [5.41, 5.74) is 1.69. The molecule has 0 bridgehead atoms. The van der Waals surface area contributed by atoms with Crippen molar-refractivity contribution in [1.82, 2.24) is 0 Å². The molecule has 0 aliphatic heterocycles. The second kappa shape index (κ2) is 4.72. The van der Waals surface area contributed by atoms with Crippen molar-refractivity contribution in [2.75, 3.05) is 7.11 Å². The average Bonchev–Trinajstić information content (AvgIpc) is 2.75. The van der Waals surface area contributed by atoms with E-state index in [1.807, 2.05) is 44.2 Å². The molecule has 1 aromatic carbocycles. The van der Waals surface area contributed by atoms with E-state index in [1.165, 1.54) is 11.3 Å². The predicted molar refractivity (Wildman–Crippen MR) is 70.2 cm³/mol. The molecule has 88 valence electrons. The van der Waals surface area contributed by atoms with E-state index in [9.17, 15) is 4.79 Å². The number of hydrogen-bond acceptors (Lipinski definition) is 3. The normalized spacial score (nSPS) is 10.3. The number of carbonyl (C=O) groups is 1. The largest absolute Gasteiger partial charge is 0.497 e. The molecule has 1 aromatic heterocycles. The molecule has 17 heavy (non-hydrogen) atoms. The van der Waals surface area contributed by atoms with Gasteiger partial charge in [-0.25, -0.2) is 0 Å². The van der Waals surface area contributed by atoms with Gasteiger partial charge in [-0.15, -0.1) is 11.3 Å². The number of ketones is 1. The van der Waals surface area contributed by atoms with Crippen molar-refractivity contribution >= 4 is 17.1 Å². The Hall–Kier alpha value is -1.61. The van der Waals surface area contributed by atoms with E-state index in [1.54, 1.807) is 7.11 Å². The Bertz CT molecular complexity index is 555. The van der Waals surface area contributed by atoms with Crippen molar-refractivity contribution in [3.8, 4) is 5.75 Å². The zero-order valence-corrected chi connectivity index (χ0v) is 10.9. The number of carbonyl (C=O) groups excluding carboxylic acids is 1. The number of methoxy groups -OCH3 is 1. The van der Waals surface area contributed by atoms with Gasteiger partial charge in [0.05, 0.1) is 12.0 Å². The summed E-state index contributed by atoms with van der Waals surface area (Å²) in [6.45, 7) is 3.93. The van der Waals surface area contributed by atoms with Gasteiger partial charge in [0, 0.05) is 10.4 Å². The fraction of sp³-hybridized carbons (Fsp3) is 0.214. The highest BCUT2D eigenvalue weighted by Crippen LogP contribution is 2.23. The minimum Gasteiger partial charge on any atom is -0.497 e. The van der Waals surface area contributed by atoms with Gasteiger partial charge in [0.25, 0.3) is 0 Å². The van der Waals surface area contributed by atoms with Crippen LogP contribution in [0.25, 0.3) is 0 Å². The van der Waals surface area contributed by atoms with Crippen molar-refractivity contribution in [3.05, 3.63) is 51.2 Å². The SMILES string of the molecule is COc1ccc(C(=O)c2ccc(C)s2)c(C)c1. The topological polar surface area (TPSA) is 26.3 Å². The Kier molecular flexibility index (Phi) is 3.29. The number of rotatable bonds is 3. The molecule has 0 aliphatic rings. The highest BCUT2D eigenvalue weighted by atomic mass is 32.1. The lowest BCUT2D eigenvalue weighted by atomic mass is 10.0. The summed E-state index contributed by atoms with van der Waals surface area (Å²) < 4.78 is 5.13. The molecule has 0 amide bonds. The van der Waals surface area contributed by atoms with Crippen LogP contribution in [0.4, 0.5) is 0 Å². The summed E-state index contributed by atoms with van der Waals surface area (Å²) in [5.74, 6) is 0.865. The Morgan fingerprint density at radius 1 is 1.18 bits per heavy atom. The standard InChI is InChI=1S/C14H14O2S/c1-9-8-11(16-3)5-6-12(9)14(15)13-7-4-10(2)17-13/h4-8H,1-3H3. The molecule has 0 fully saturated rings. The monoisotopic (exact) mass is 246 g/mol. The first-order valence-corrected chi connectivity index (χ1v) is 6.19. The van der Waals surface area contributed by atoms with Gasteiger partial charge >= 0.3 is 0 Å². The van der Waals surface area contributed by atoms with E-state index in [-0.39, 0.29) is 5.78 Å². The van der Waals surface area contributed by atoms with Gasteiger partial charge in [-0.2, -0.15) is 0 Å². The van der Waals surface area contributed by atoms with Crippen LogP contribution in [0, 0.1) is 13.8 Å². The van der Waals surface area contributed by atoms with Crippen LogP contribution >= 0.6 is 11.3 Å². The van der Waals surface area contributed by atoms with Crippen molar-refractivity contribution in [3.63, 3.8) is 0 Å². The second-order valence-corrected chi connectivity index (χ2v) is 5.21. The number of ether oxygens (including phenoxy) is 1. The van der Waals surface area contributed by atoms with Gasteiger partial charge in [-0.3, -0.25) is 4.79 Å². The van der Waals surface area contributed by atoms with E-state index in [0.717, 1.165) is 26.6 Å². The van der Waals surface area contributed by atoms with E-state index < -0.39 is 0 Å². The zero-order valence-electron chi connectivity index (χ0n) is 10.1. The molecule has 0 atom stereocenters. The average molecular weight is 246 g/mol. The molecule has 0 radical (unpaired) electrons. The number of hydrogen-bond donors (Lipinski definition) is 0. The van der Waals surface area contributed by atoms with Gasteiger partial charge in [0.1, 0.15) is 5.75 Å². The maximum absolute atomic E-state index is 12.2. The number of thiophene rings is 1. The van der Waals surface area contributed by atoms with Crippen LogP contribution in [-0.4, -0.2) is 12.9 Å². The molecular formula is C14H14O2S. The number of aryl methyl sites for hydroxylation is 2. The Morgan fingerprint density at radius 2 is 1.94 bits per heavy atom. The fourth-order valence-corrected chi connectivity index (χ4v) is 2.53. The summed E-state index contributed by atoms with van der Waals surface area (Å²) in [6, 6.07) is 9.38. The summed E-state index contributed by atoms with van der Waals surface area (Å²) in [5, 5.41) is 0.